The normalized spacial score (nSPS) is 11.8. The zero-order valence-electron chi connectivity index (χ0n) is 36.9. The molecular weight excluding hydrogens is 827 g/mol. The summed E-state index contributed by atoms with van der Waals surface area (Å²) in [5.74, 6) is 0. The van der Waals surface area contributed by atoms with Crippen molar-refractivity contribution in [1.82, 2.24) is 9.13 Å². The maximum Gasteiger partial charge on any atom is 0.143 e. The summed E-state index contributed by atoms with van der Waals surface area (Å²) in [6.07, 6.45) is 0. The molecule has 3 heterocycles. The van der Waals surface area contributed by atoms with Gasteiger partial charge in [-0.1, -0.05) is 170 Å². The summed E-state index contributed by atoms with van der Waals surface area (Å²) in [6.45, 7) is 0. The Morgan fingerprint density at radius 2 is 0.824 bits per heavy atom. The van der Waals surface area contributed by atoms with Crippen LogP contribution in [0, 0.1) is 0 Å². The van der Waals surface area contributed by atoms with Crippen molar-refractivity contribution in [3.05, 3.63) is 249 Å². The van der Waals surface area contributed by atoms with Crippen molar-refractivity contribution in [2.24, 2.45) is 0 Å². The van der Waals surface area contributed by atoms with Gasteiger partial charge in [-0.25, -0.2) is 0 Å². The summed E-state index contributed by atoms with van der Waals surface area (Å²) in [6, 6.07) is 89.9. The molecule has 318 valence electrons. The van der Waals surface area contributed by atoms with Crippen molar-refractivity contribution in [1.29, 1.82) is 0 Å². The van der Waals surface area contributed by atoms with Gasteiger partial charge in [0, 0.05) is 65.7 Å². The Bertz CT molecular complexity index is 4200. The third-order valence-corrected chi connectivity index (χ3v) is 13.9. The van der Waals surface area contributed by atoms with Crippen LogP contribution in [-0.2, 0) is 0 Å². The van der Waals surface area contributed by atoms with Gasteiger partial charge in [-0.15, -0.1) is 0 Å². The van der Waals surface area contributed by atoms with E-state index in [0.717, 1.165) is 72.5 Å². The van der Waals surface area contributed by atoms with E-state index in [1.165, 1.54) is 54.6 Å². The second-order valence-corrected chi connectivity index (χ2v) is 17.6. The number of aromatic nitrogens is 2. The van der Waals surface area contributed by atoms with E-state index in [1.54, 1.807) is 0 Å². The van der Waals surface area contributed by atoms with Crippen LogP contribution >= 0.6 is 0 Å². The molecule has 0 aliphatic carbocycles. The van der Waals surface area contributed by atoms with E-state index in [9.17, 15) is 0 Å². The number of rotatable bonds is 7. The molecule has 0 atom stereocenters. The molecule has 0 radical (unpaired) electrons. The van der Waals surface area contributed by atoms with Crippen molar-refractivity contribution in [3.8, 4) is 33.6 Å². The lowest BCUT2D eigenvalue weighted by atomic mass is 10.00. The smallest absolute Gasteiger partial charge is 0.143 e. The number of hydrogen-bond acceptors (Lipinski definition) is 2. The van der Waals surface area contributed by atoms with Gasteiger partial charge in [0.25, 0.3) is 0 Å². The highest BCUT2D eigenvalue weighted by molar-refractivity contribution is 6.13. The second kappa shape index (κ2) is 15.2. The topological polar surface area (TPSA) is 26.2 Å². The molecule has 14 aromatic rings. The fraction of sp³-hybridized carbons (Fsp3) is 0. The van der Waals surface area contributed by atoms with Crippen molar-refractivity contribution in [2.75, 3.05) is 4.90 Å². The summed E-state index contributed by atoms with van der Waals surface area (Å²) in [4.78, 5) is 2.41. The van der Waals surface area contributed by atoms with Crippen LogP contribution in [0.1, 0.15) is 0 Å². The lowest BCUT2D eigenvalue weighted by molar-refractivity contribution is 0.670. The quantitative estimate of drug-likeness (QED) is 0.160. The molecular formula is C64H41N3O. The van der Waals surface area contributed by atoms with Gasteiger partial charge in [-0.2, -0.15) is 0 Å². The van der Waals surface area contributed by atoms with Crippen LogP contribution in [0.15, 0.2) is 253 Å². The second-order valence-electron chi connectivity index (χ2n) is 17.6. The molecule has 11 aromatic carbocycles. The zero-order valence-corrected chi connectivity index (χ0v) is 36.9. The number of nitrogens with zero attached hydrogens (tertiary/aromatic N) is 3. The number of fused-ring (bicyclic) bond motifs is 10. The van der Waals surface area contributed by atoms with E-state index in [2.05, 4.69) is 251 Å². The Balaban J connectivity index is 0.929. The lowest BCUT2D eigenvalue weighted by Gasteiger charge is -2.28. The fourth-order valence-electron chi connectivity index (χ4n) is 10.8. The van der Waals surface area contributed by atoms with Crippen molar-refractivity contribution in [3.63, 3.8) is 0 Å². The van der Waals surface area contributed by atoms with Gasteiger partial charge in [0.05, 0.1) is 33.4 Å². The van der Waals surface area contributed by atoms with Gasteiger partial charge in [0.1, 0.15) is 11.2 Å². The van der Waals surface area contributed by atoms with Gasteiger partial charge < -0.3 is 18.5 Å². The lowest BCUT2D eigenvalue weighted by Crippen LogP contribution is -2.11. The monoisotopic (exact) mass is 867 g/mol. The first-order valence-electron chi connectivity index (χ1n) is 23.3. The Morgan fingerprint density at radius 3 is 1.50 bits per heavy atom. The standard InChI is InChI=1S/C64H41N3O/c1-2-15-45(16-3-1)66-57-25-10-6-21-53(57)54-38-33-44(41-62(54)66)42-29-34-46(35-30-42)65(47-36-31-43(32-37-47)48-23-14-24-56-55-22-9-13-28-63(55)68-64(48)56)60-39-40-61(52-18-5-4-17-51(52)60)67-58-26-11-7-19-49(58)50-20-8-12-27-59(50)67/h1-41H. The molecule has 0 bridgehead atoms. The number of anilines is 3. The molecule has 3 aromatic heterocycles. The van der Waals surface area contributed by atoms with E-state index < -0.39 is 0 Å². The van der Waals surface area contributed by atoms with Crippen molar-refractivity contribution >= 4 is 93.4 Å². The maximum atomic E-state index is 6.50. The summed E-state index contributed by atoms with van der Waals surface area (Å²) in [5, 5.41) is 9.58. The van der Waals surface area contributed by atoms with E-state index in [-0.39, 0.29) is 0 Å². The Labute approximate surface area is 392 Å². The molecule has 0 fully saturated rings. The first-order valence-corrected chi connectivity index (χ1v) is 23.3. The molecule has 0 aliphatic heterocycles. The molecule has 0 spiro atoms. The number of benzene rings is 11. The van der Waals surface area contributed by atoms with Gasteiger partial charge >= 0.3 is 0 Å². The third kappa shape index (κ3) is 5.87. The van der Waals surface area contributed by atoms with Gasteiger partial charge in [0.2, 0.25) is 0 Å². The Morgan fingerprint density at radius 1 is 0.309 bits per heavy atom. The van der Waals surface area contributed by atoms with Crippen LogP contribution in [-0.4, -0.2) is 9.13 Å². The highest BCUT2D eigenvalue weighted by Gasteiger charge is 2.21. The first kappa shape index (κ1) is 38.2. The molecule has 0 saturated heterocycles. The molecule has 0 N–H and O–H groups in total. The third-order valence-electron chi connectivity index (χ3n) is 13.9. The highest BCUT2D eigenvalue weighted by atomic mass is 16.3. The molecule has 14 rings (SSSR count). The van der Waals surface area contributed by atoms with Crippen molar-refractivity contribution in [2.45, 2.75) is 0 Å². The molecule has 0 aliphatic rings. The van der Waals surface area contributed by atoms with Gasteiger partial charge in [0.15, 0.2) is 0 Å². The highest BCUT2D eigenvalue weighted by Crippen LogP contribution is 2.45. The van der Waals surface area contributed by atoms with E-state index >= 15 is 0 Å². The van der Waals surface area contributed by atoms with Gasteiger partial charge in [-0.05, 0) is 95.6 Å². The molecule has 4 heteroatoms. The Hall–Kier alpha value is -9.12. The minimum absolute atomic E-state index is 0.899. The number of hydrogen-bond donors (Lipinski definition) is 0. The Kier molecular flexibility index (Phi) is 8.55. The molecule has 0 saturated carbocycles. The van der Waals surface area contributed by atoms with E-state index in [0.29, 0.717) is 0 Å². The fourth-order valence-corrected chi connectivity index (χ4v) is 10.8. The van der Waals surface area contributed by atoms with Gasteiger partial charge in [-0.3, -0.25) is 0 Å². The molecule has 4 nitrogen and oxygen atoms in total. The summed E-state index contributed by atoms with van der Waals surface area (Å²) in [7, 11) is 0. The summed E-state index contributed by atoms with van der Waals surface area (Å²) < 4.78 is 11.3. The SMILES string of the molecule is c1ccc(-n2c3ccccc3c3ccc(-c4ccc(N(c5ccc(-c6cccc7c6oc6ccccc67)cc5)c5ccc(-n6c7ccccc7c7ccccc76)c6ccccc56)cc4)cc32)cc1. The average Bonchev–Trinajstić information content (AvgIpc) is 4.07. The van der Waals surface area contributed by atoms with Crippen LogP contribution in [0.5, 0.6) is 0 Å². The molecule has 0 amide bonds. The van der Waals surface area contributed by atoms with E-state index in [4.69, 9.17) is 4.42 Å². The zero-order chi connectivity index (χ0) is 44.7. The van der Waals surface area contributed by atoms with Crippen LogP contribution in [0.25, 0.3) is 110 Å². The summed E-state index contributed by atoms with van der Waals surface area (Å²) >= 11 is 0. The maximum absolute atomic E-state index is 6.50. The van der Waals surface area contributed by atoms with Crippen LogP contribution < -0.4 is 4.90 Å². The van der Waals surface area contributed by atoms with Crippen LogP contribution in [0.4, 0.5) is 17.1 Å². The largest absolute Gasteiger partial charge is 0.455 e. The number of para-hydroxylation sites is 6. The summed E-state index contributed by atoms with van der Waals surface area (Å²) in [5.41, 5.74) is 16.6. The minimum atomic E-state index is 0.899. The predicted octanol–water partition coefficient (Wildman–Crippen LogP) is 17.7. The number of furan rings is 1. The van der Waals surface area contributed by atoms with E-state index in [1.807, 2.05) is 12.1 Å². The van der Waals surface area contributed by atoms with Crippen LogP contribution in [0.3, 0.4) is 0 Å². The minimum Gasteiger partial charge on any atom is -0.455 e. The molecule has 68 heavy (non-hydrogen) atoms. The van der Waals surface area contributed by atoms with Crippen LogP contribution in [0.2, 0.25) is 0 Å². The van der Waals surface area contributed by atoms with Crippen molar-refractivity contribution < 1.29 is 4.42 Å². The average molecular weight is 868 g/mol. The first-order chi connectivity index (χ1) is 33.7. The predicted molar refractivity (Wildman–Crippen MR) is 285 cm³/mol. The molecule has 0 unspecified atom stereocenters.